The average molecular weight is 316 g/mol. The van der Waals surface area contributed by atoms with Crippen molar-refractivity contribution in [2.24, 2.45) is 5.73 Å². The molecule has 0 saturated carbocycles. The fourth-order valence-corrected chi connectivity index (χ4v) is 4.26. The van der Waals surface area contributed by atoms with Crippen molar-refractivity contribution in [2.45, 2.75) is 26.8 Å². The maximum Gasteiger partial charge on any atom is 0.0740 e. The SMILES string of the molecule is Cc1cc(C(N)c2cc(C)c(Br)s2)sc1C. The molecule has 1 unspecified atom stereocenters. The Bertz CT molecular complexity index is 428. The van der Waals surface area contributed by atoms with Crippen LogP contribution in [0.3, 0.4) is 0 Å². The molecule has 0 aliphatic heterocycles. The van der Waals surface area contributed by atoms with Crippen LogP contribution in [0, 0.1) is 20.8 Å². The average Bonchev–Trinajstić information content (AvgIpc) is 2.72. The summed E-state index contributed by atoms with van der Waals surface area (Å²) in [7, 11) is 0. The Morgan fingerprint density at radius 1 is 1.06 bits per heavy atom. The second kappa shape index (κ2) is 4.61. The fraction of sp³-hybridized carbons (Fsp3) is 0.333. The summed E-state index contributed by atoms with van der Waals surface area (Å²) in [5.41, 5.74) is 8.88. The highest BCUT2D eigenvalue weighted by atomic mass is 79.9. The van der Waals surface area contributed by atoms with Gasteiger partial charge in [0.2, 0.25) is 0 Å². The van der Waals surface area contributed by atoms with Crippen LogP contribution in [0.25, 0.3) is 0 Å². The van der Waals surface area contributed by atoms with Gasteiger partial charge in [0, 0.05) is 14.6 Å². The van der Waals surface area contributed by atoms with E-state index < -0.39 is 0 Å². The molecule has 4 heteroatoms. The van der Waals surface area contributed by atoms with E-state index in [-0.39, 0.29) is 6.04 Å². The number of aryl methyl sites for hydroxylation is 3. The first-order valence-corrected chi connectivity index (χ1v) is 7.50. The summed E-state index contributed by atoms with van der Waals surface area (Å²) >= 11 is 7.07. The van der Waals surface area contributed by atoms with Crippen LogP contribution in [0.1, 0.15) is 31.8 Å². The number of rotatable bonds is 2. The molecule has 0 spiro atoms. The van der Waals surface area contributed by atoms with Crippen molar-refractivity contribution in [3.63, 3.8) is 0 Å². The number of hydrogen-bond donors (Lipinski definition) is 1. The summed E-state index contributed by atoms with van der Waals surface area (Å²) in [5, 5.41) is 0. The Hall–Kier alpha value is -0.160. The van der Waals surface area contributed by atoms with E-state index in [1.165, 1.54) is 29.5 Å². The van der Waals surface area contributed by atoms with E-state index in [0.29, 0.717) is 0 Å². The highest BCUT2D eigenvalue weighted by Gasteiger charge is 2.15. The molecule has 2 N–H and O–H groups in total. The Labute approximate surface area is 112 Å². The van der Waals surface area contributed by atoms with Crippen molar-refractivity contribution in [1.29, 1.82) is 0 Å². The van der Waals surface area contributed by atoms with Gasteiger partial charge in [-0.05, 0) is 60.0 Å². The predicted octanol–water partition coefficient (Wildman–Crippen LogP) is 4.55. The summed E-state index contributed by atoms with van der Waals surface area (Å²) in [6.45, 7) is 6.38. The summed E-state index contributed by atoms with van der Waals surface area (Å²) in [5.74, 6) is 0. The zero-order valence-electron chi connectivity index (χ0n) is 9.50. The normalized spacial score (nSPS) is 13.1. The van der Waals surface area contributed by atoms with Gasteiger partial charge in [0.15, 0.2) is 0 Å². The Kier molecular flexibility index (Phi) is 3.54. The second-order valence-electron chi connectivity index (χ2n) is 3.97. The zero-order chi connectivity index (χ0) is 11.9. The number of halogens is 1. The standard InChI is InChI=1S/C12H14BrNS2/c1-6-4-9(15-8(6)3)11(14)10-5-7(2)12(13)16-10/h4-5,11H,14H2,1-3H3. The molecule has 0 aliphatic carbocycles. The van der Waals surface area contributed by atoms with Gasteiger partial charge < -0.3 is 5.73 Å². The van der Waals surface area contributed by atoms with E-state index in [4.69, 9.17) is 5.73 Å². The predicted molar refractivity (Wildman–Crippen MR) is 76.6 cm³/mol. The van der Waals surface area contributed by atoms with Gasteiger partial charge in [0.25, 0.3) is 0 Å². The third-order valence-corrected chi connectivity index (χ3v) is 6.13. The lowest BCUT2D eigenvalue weighted by Crippen LogP contribution is -2.08. The third-order valence-electron chi connectivity index (χ3n) is 2.67. The topological polar surface area (TPSA) is 26.0 Å². The van der Waals surface area contributed by atoms with E-state index in [1.54, 1.807) is 22.7 Å². The van der Waals surface area contributed by atoms with E-state index in [0.717, 1.165) is 0 Å². The lowest BCUT2D eigenvalue weighted by Gasteiger charge is -2.05. The van der Waals surface area contributed by atoms with Crippen molar-refractivity contribution < 1.29 is 0 Å². The van der Waals surface area contributed by atoms with Crippen LogP contribution >= 0.6 is 38.6 Å². The summed E-state index contributed by atoms with van der Waals surface area (Å²) in [6, 6.07) is 4.39. The minimum atomic E-state index is 0.0207. The van der Waals surface area contributed by atoms with Crippen molar-refractivity contribution in [3.8, 4) is 0 Å². The molecule has 0 aromatic carbocycles. The van der Waals surface area contributed by atoms with Crippen LogP contribution in [0.2, 0.25) is 0 Å². The van der Waals surface area contributed by atoms with Gasteiger partial charge in [0.1, 0.15) is 0 Å². The third kappa shape index (κ3) is 2.25. The molecule has 1 nitrogen and oxygen atoms in total. The minimum absolute atomic E-state index is 0.0207. The van der Waals surface area contributed by atoms with Crippen molar-refractivity contribution in [1.82, 2.24) is 0 Å². The van der Waals surface area contributed by atoms with E-state index in [1.807, 2.05) is 0 Å². The molecule has 1 atom stereocenters. The molecule has 86 valence electrons. The number of thiophene rings is 2. The smallest absolute Gasteiger partial charge is 0.0740 e. The first-order chi connectivity index (χ1) is 7.49. The maximum atomic E-state index is 6.28. The molecule has 2 heterocycles. The molecule has 2 aromatic rings. The first-order valence-electron chi connectivity index (χ1n) is 5.07. The molecule has 2 rings (SSSR count). The van der Waals surface area contributed by atoms with Gasteiger partial charge in [0.05, 0.1) is 9.83 Å². The summed E-state index contributed by atoms with van der Waals surface area (Å²) in [4.78, 5) is 3.84. The maximum absolute atomic E-state index is 6.28. The van der Waals surface area contributed by atoms with Crippen molar-refractivity contribution in [2.75, 3.05) is 0 Å². The van der Waals surface area contributed by atoms with Crippen LogP contribution in [0.4, 0.5) is 0 Å². The van der Waals surface area contributed by atoms with E-state index >= 15 is 0 Å². The van der Waals surface area contributed by atoms with Gasteiger partial charge >= 0.3 is 0 Å². The highest BCUT2D eigenvalue weighted by molar-refractivity contribution is 9.11. The summed E-state index contributed by atoms with van der Waals surface area (Å²) in [6.07, 6.45) is 0. The minimum Gasteiger partial charge on any atom is -0.319 e. The van der Waals surface area contributed by atoms with Crippen LogP contribution in [0.5, 0.6) is 0 Å². The molecule has 2 aromatic heterocycles. The van der Waals surface area contributed by atoms with Crippen molar-refractivity contribution >= 4 is 38.6 Å². The zero-order valence-corrected chi connectivity index (χ0v) is 12.7. The fourth-order valence-electron chi connectivity index (χ4n) is 1.53. The van der Waals surface area contributed by atoms with Gasteiger partial charge in [-0.25, -0.2) is 0 Å². The molecular weight excluding hydrogens is 302 g/mol. The van der Waals surface area contributed by atoms with Gasteiger partial charge in [-0.15, -0.1) is 22.7 Å². The van der Waals surface area contributed by atoms with E-state index in [2.05, 4.69) is 48.8 Å². The quantitative estimate of drug-likeness (QED) is 0.864. The Balaban J connectivity index is 2.34. The Morgan fingerprint density at radius 3 is 2.06 bits per heavy atom. The van der Waals surface area contributed by atoms with Crippen LogP contribution < -0.4 is 5.73 Å². The molecule has 0 saturated heterocycles. The molecule has 0 fully saturated rings. The van der Waals surface area contributed by atoms with Gasteiger partial charge in [-0.2, -0.15) is 0 Å². The molecule has 0 radical (unpaired) electrons. The summed E-state index contributed by atoms with van der Waals surface area (Å²) < 4.78 is 1.18. The van der Waals surface area contributed by atoms with Crippen molar-refractivity contribution in [3.05, 3.63) is 41.7 Å². The Morgan fingerprint density at radius 2 is 1.62 bits per heavy atom. The first kappa shape index (κ1) is 12.3. The van der Waals surface area contributed by atoms with Gasteiger partial charge in [-0.1, -0.05) is 0 Å². The second-order valence-corrected chi connectivity index (χ2v) is 7.66. The molecule has 0 amide bonds. The number of hydrogen-bond acceptors (Lipinski definition) is 3. The largest absolute Gasteiger partial charge is 0.319 e. The molecule has 16 heavy (non-hydrogen) atoms. The molecule has 0 bridgehead atoms. The molecular formula is C12H14BrNS2. The van der Waals surface area contributed by atoms with Gasteiger partial charge in [-0.3, -0.25) is 0 Å². The molecule has 0 aliphatic rings. The van der Waals surface area contributed by atoms with Crippen LogP contribution in [-0.2, 0) is 0 Å². The highest BCUT2D eigenvalue weighted by Crippen LogP contribution is 2.36. The van der Waals surface area contributed by atoms with Crippen LogP contribution in [0.15, 0.2) is 15.9 Å². The lowest BCUT2D eigenvalue weighted by molar-refractivity contribution is 0.915. The monoisotopic (exact) mass is 315 g/mol. The lowest BCUT2D eigenvalue weighted by atomic mass is 10.1. The number of nitrogens with two attached hydrogens (primary N) is 1. The van der Waals surface area contributed by atoms with E-state index in [9.17, 15) is 0 Å². The van der Waals surface area contributed by atoms with Crippen LogP contribution in [-0.4, -0.2) is 0 Å².